The molecule has 1 N–H and O–H groups in total. The second kappa shape index (κ2) is 6.37. The maximum Gasteiger partial charge on any atom is 0.231 e. The highest BCUT2D eigenvalue weighted by atomic mass is 32.1. The molecule has 112 valence electrons. The normalized spacial score (nSPS) is 14.2. The van der Waals surface area contributed by atoms with Gasteiger partial charge in [-0.1, -0.05) is 0 Å². The largest absolute Gasteiger partial charge is 0.493 e. The Morgan fingerprint density at radius 1 is 1.33 bits per heavy atom. The summed E-state index contributed by atoms with van der Waals surface area (Å²) >= 11 is 1.74. The first kappa shape index (κ1) is 14.2. The lowest BCUT2D eigenvalue weighted by Crippen LogP contribution is -2.27. The van der Waals surface area contributed by atoms with Crippen molar-refractivity contribution in [1.82, 2.24) is 5.32 Å². The van der Waals surface area contributed by atoms with E-state index < -0.39 is 0 Å². The minimum Gasteiger partial charge on any atom is -0.493 e. The Balaban J connectivity index is 1.62. The molecule has 0 saturated carbocycles. The van der Waals surface area contributed by atoms with E-state index in [1.165, 1.54) is 5.56 Å². The van der Waals surface area contributed by atoms with Crippen molar-refractivity contribution in [2.75, 3.05) is 13.9 Å². The Labute approximate surface area is 128 Å². The van der Waals surface area contributed by atoms with Crippen LogP contribution in [-0.2, 0) is 13.0 Å². The highest BCUT2D eigenvalue weighted by Crippen LogP contribution is 2.41. The van der Waals surface area contributed by atoms with Gasteiger partial charge in [0.05, 0.1) is 7.11 Å². The van der Waals surface area contributed by atoms with Crippen molar-refractivity contribution < 1.29 is 14.2 Å². The Hall–Kier alpha value is -1.72. The van der Waals surface area contributed by atoms with Crippen molar-refractivity contribution in [1.29, 1.82) is 0 Å². The molecule has 21 heavy (non-hydrogen) atoms. The summed E-state index contributed by atoms with van der Waals surface area (Å²) in [5.74, 6) is 2.19. The quantitative estimate of drug-likeness (QED) is 0.889. The number of methoxy groups -OCH3 is 1. The molecule has 0 aliphatic carbocycles. The van der Waals surface area contributed by atoms with Gasteiger partial charge in [-0.05, 0) is 53.4 Å². The van der Waals surface area contributed by atoms with Gasteiger partial charge in [0.15, 0.2) is 11.5 Å². The highest BCUT2D eigenvalue weighted by molar-refractivity contribution is 7.07. The number of thiophene rings is 1. The number of hydrogen-bond acceptors (Lipinski definition) is 5. The molecule has 2 heterocycles. The number of ether oxygens (including phenoxy) is 3. The fraction of sp³-hybridized carbons (Fsp3) is 0.375. The van der Waals surface area contributed by atoms with Crippen LogP contribution in [0, 0.1) is 0 Å². The summed E-state index contributed by atoms with van der Waals surface area (Å²) in [5, 5.41) is 7.84. The third-order valence-corrected chi connectivity index (χ3v) is 4.23. The summed E-state index contributed by atoms with van der Waals surface area (Å²) in [5.41, 5.74) is 2.51. The molecule has 1 unspecified atom stereocenters. The SMILES string of the molecule is COc1cc(CNC(C)Cc2ccsc2)cc2c1OCO2. The molecule has 0 fully saturated rings. The van der Waals surface area contributed by atoms with Gasteiger partial charge in [-0.2, -0.15) is 11.3 Å². The molecule has 1 aliphatic heterocycles. The van der Waals surface area contributed by atoms with Crippen molar-refractivity contribution in [3.63, 3.8) is 0 Å². The monoisotopic (exact) mass is 305 g/mol. The minimum atomic E-state index is 0.261. The van der Waals surface area contributed by atoms with Crippen molar-refractivity contribution in [2.24, 2.45) is 0 Å². The standard InChI is InChI=1S/C16H19NO3S/c1-11(5-12-3-4-21-9-12)17-8-13-6-14(18-2)16-15(7-13)19-10-20-16/h3-4,6-7,9,11,17H,5,8,10H2,1-2H3. The molecule has 4 nitrogen and oxygen atoms in total. The Bertz CT molecular complexity index is 598. The number of fused-ring (bicyclic) bond motifs is 1. The average molecular weight is 305 g/mol. The summed E-state index contributed by atoms with van der Waals surface area (Å²) in [6, 6.07) is 6.59. The predicted octanol–water partition coefficient (Wildman–Crippen LogP) is 3.21. The van der Waals surface area contributed by atoms with Crippen LogP contribution in [-0.4, -0.2) is 19.9 Å². The fourth-order valence-corrected chi connectivity index (χ4v) is 3.09. The lowest BCUT2D eigenvalue weighted by molar-refractivity contribution is 0.171. The summed E-state index contributed by atoms with van der Waals surface area (Å²) in [6.45, 7) is 3.23. The van der Waals surface area contributed by atoms with Crippen molar-refractivity contribution in [2.45, 2.75) is 25.9 Å². The van der Waals surface area contributed by atoms with Gasteiger partial charge in [0.25, 0.3) is 0 Å². The van der Waals surface area contributed by atoms with Crippen LogP contribution < -0.4 is 19.5 Å². The Morgan fingerprint density at radius 3 is 3.00 bits per heavy atom. The zero-order chi connectivity index (χ0) is 14.7. The van der Waals surface area contributed by atoms with Crippen LogP contribution in [0.15, 0.2) is 29.0 Å². The number of benzene rings is 1. The Kier molecular flexibility index (Phi) is 4.31. The van der Waals surface area contributed by atoms with Crippen LogP contribution in [0.3, 0.4) is 0 Å². The fourth-order valence-electron chi connectivity index (χ4n) is 2.41. The van der Waals surface area contributed by atoms with Crippen molar-refractivity contribution in [3.8, 4) is 17.2 Å². The third-order valence-electron chi connectivity index (χ3n) is 3.49. The van der Waals surface area contributed by atoms with E-state index in [9.17, 15) is 0 Å². The van der Waals surface area contributed by atoms with E-state index >= 15 is 0 Å². The van der Waals surface area contributed by atoms with Gasteiger partial charge < -0.3 is 19.5 Å². The molecular weight excluding hydrogens is 286 g/mol. The second-order valence-corrected chi connectivity index (χ2v) is 5.93. The summed E-state index contributed by atoms with van der Waals surface area (Å²) in [6.07, 6.45) is 1.03. The smallest absolute Gasteiger partial charge is 0.231 e. The molecular formula is C16H19NO3S. The summed E-state index contributed by atoms with van der Waals surface area (Å²) < 4.78 is 16.2. The number of rotatable bonds is 6. The first-order chi connectivity index (χ1) is 10.3. The van der Waals surface area contributed by atoms with E-state index in [0.29, 0.717) is 11.8 Å². The molecule has 1 aromatic heterocycles. The first-order valence-electron chi connectivity index (χ1n) is 6.97. The zero-order valence-corrected chi connectivity index (χ0v) is 13.0. The van der Waals surface area contributed by atoms with E-state index in [4.69, 9.17) is 14.2 Å². The lowest BCUT2D eigenvalue weighted by Gasteiger charge is -2.14. The van der Waals surface area contributed by atoms with Crippen LogP contribution in [0.25, 0.3) is 0 Å². The summed E-state index contributed by atoms with van der Waals surface area (Å²) in [4.78, 5) is 0. The highest BCUT2D eigenvalue weighted by Gasteiger charge is 2.20. The van der Waals surface area contributed by atoms with Gasteiger partial charge >= 0.3 is 0 Å². The molecule has 0 amide bonds. The molecule has 0 radical (unpaired) electrons. The number of hydrogen-bond donors (Lipinski definition) is 1. The molecule has 0 spiro atoms. The van der Waals surface area contributed by atoms with Crippen LogP contribution in [0.4, 0.5) is 0 Å². The van der Waals surface area contributed by atoms with E-state index in [0.717, 1.165) is 30.0 Å². The van der Waals surface area contributed by atoms with Gasteiger partial charge in [0.1, 0.15) is 0 Å². The third kappa shape index (κ3) is 3.31. The Morgan fingerprint density at radius 2 is 2.24 bits per heavy atom. The molecule has 1 aromatic carbocycles. The maximum absolute atomic E-state index is 5.45. The zero-order valence-electron chi connectivity index (χ0n) is 12.2. The molecule has 2 aromatic rings. The molecule has 3 rings (SSSR count). The van der Waals surface area contributed by atoms with Crippen molar-refractivity contribution >= 4 is 11.3 Å². The maximum atomic E-state index is 5.45. The first-order valence-corrected chi connectivity index (χ1v) is 7.91. The summed E-state index contributed by atoms with van der Waals surface area (Å²) in [7, 11) is 1.65. The topological polar surface area (TPSA) is 39.7 Å². The van der Waals surface area contributed by atoms with E-state index in [2.05, 4.69) is 29.1 Å². The average Bonchev–Trinajstić information content (AvgIpc) is 3.15. The van der Waals surface area contributed by atoms with Crippen molar-refractivity contribution in [3.05, 3.63) is 40.1 Å². The predicted molar refractivity (Wildman–Crippen MR) is 83.4 cm³/mol. The van der Waals surface area contributed by atoms with Crippen LogP contribution in [0.5, 0.6) is 17.2 Å². The van der Waals surface area contributed by atoms with Crippen LogP contribution in [0.2, 0.25) is 0 Å². The molecule has 5 heteroatoms. The van der Waals surface area contributed by atoms with Crippen LogP contribution >= 0.6 is 11.3 Å². The van der Waals surface area contributed by atoms with Gasteiger partial charge in [-0.3, -0.25) is 0 Å². The molecule has 0 saturated heterocycles. The van der Waals surface area contributed by atoms with E-state index in [1.807, 2.05) is 12.1 Å². The van der Waals surface area contributed by atoms with Gasteiger partial charge in [0, 0.05) is 12.6 Å². The van der Waals surface area contributed by atoms with Gasteiger partial charge in [0.2, 0.25) is 12.5 Å². The molecule has 1 atom stereocenters. The van der Waals surface area contributed by atoms with Crippen LogP contribution in [0.1, 0.15) is 18.1 Å². The molecule has 0 bridgehead atoms. The van der Waals surface area contributed by atoms with E-state index in [-0.39, 0.29) is 6.79 Å². The lowest BCUT2D eigenvalue weighted by atomic mass is 10.1. The molecule has 1 aliphatic rings. The van der Waals surface area contributed by atoms with Gasteiger partial charge in [-0.15, -0.1) is 0 Å². The van der Waals surface area contributed by atoms with Gasteiger partial charge in [-0.25, -0.2) is 0 Å². The number of nitrogens with one attached hydrogen (secondary N) is 1. The second-order valence-electron chi connectivity index (χ2n) is 5.15. The minimum absolute atomic E-state index is 0.261. The van der Waals surface area contributed by atoms with E-state index in [1.54, 1.807) is 18.4 Å².